The molecule has 0 fully saturated rings. The lowest BCUT2D eigenvalue weighted by molar-refractivity contribution is 1.05. The lowest BCUT2D eigenvalue weighted by Gasteiger charge is -2.09. The molecule has 0 nitrogen and oxygen atoms in total. The van der Waals surface area contributed by atoms with Gasteiger partial charge in [0.25, 0.3) is 0 Å². The molecule has 82 valence electrons. The van der Waals surface area contributed by atoms with Crippen LogP contribution in [0.4, 0.5) is 0 Å². The molecule has 0 spiro atoms. The Morgan fingerprint density at radius 3 is 1.94 bits per heavy atom. The number of hydrogen-bond acceptors (Lipinski definition) is 0. The van der Waals surface area contributed by atoms with E-state index < -0.39 is 0 Å². The molecule has 0 bridgehead atoms. The molecule has 0 aromatic heterocycles. The van der Waals surface area contributed by atoms with Crippen molar-refractivity contribution in [1.29, 1.82) is 0 Å². The van der Waals surface area contributed by atoms with Gasteiger partial charge in [0, 0.05) is 0 Å². The Bertz CT molecular complexity index is 469. The first-order valence-electron chi connectivity index (χ1n) is 5.92. The fourth-order valence-electron chi connectivity index (χ4n) is 2.09. The average molecular weight is 210 g/mol. The van der Waals surface area contributed by atoms with Crippen molar-refractivity contribution in [2.24, 2.45) is 0 Å². The molecular formula is C16H18. The van der Waals surface area contributed by atoms with E-state index in [9.17, 15) is 0 Å². The van der Waals surface area contributed by atoms with Crippen LogP contribution < -0.4 is 0 Å². The SMILES string of the molecule is CCc1ccccc1Cc1ccccc1C. The zero-order valence-electron chi connectivity index (χ0n) is 10.0. The summed E-state index contributed by atoms with van der Waals surface area (Å²) >= 11 is 0. The summed E-state index contributed by atoms with van der Waals surface area (Å²) in [5, 5.41) is 0. The van der Waals surface area contributed by atoms with Crippen LogP contribution in [-0.4, -0.2) is 0 Å². The monoisotopic (exact) mass is 210 g/mol. The van der Waals surface area contributed by atoms with Crippen LogP contribution >= 0.6 is 0 Å². The number of hydrogen-bond donors (Lipinski definition) is 0. The van der Waals surface area contributed by atoms with Gasteiger partial charge in [0.2, 0.25) is 0 Å². The lowest BCUT2D eigenvalue weighted by atomic mass is 9.96. The number of aryl methyl sites for hydroxylation is 2. The van der Waals surface area contributed by atoms with Crippen molar-refractivity contribution in [2.45, 2.75) is 26.7 Å². The highest BCUT2D eigenvalue weighted by Crippen LogP contribution is 2.17. The molecule has 0 aliphatic carbocycles. The Labute approximate surface area is 97.9 Å². The maximum Gasteiger partial charge on any atom is -0.00204 e. The summed E-state index contributed by atoms with van der Waals surface area (Å²) in [6.45, 7) is 4.40. The largest absolute Gasteiger partial charge is 0.0620 e. The van der Waals surface area contributed by atoms with Gasteiger partial charge in [-0.05, 0) is 42.0 Å². The van der Waals surface area contributed by atoms with E-state index in [1.165, 1.54) is 22.3 Å². The minimum absolute atomic E-state index is 1.05. The summed E-state index contributed by atoms with van der Waals surface area (Å²) in [5.41, 5.74) is 5.74. The average Bonchev–Trinajstić information content (AvgIpc) is 2.33. The van der Waals surface area contributed by atoms with Crippen molar-refractivity contribution in [3.8, 4) is 0 Å². The zero-order valence-corrected chi connectivity index (χ0v) is 10.0. The molecule has 16 heavy (non-hydrogen) atoms. The number of benzene rings is 2. The maximum absolute atomic E-state index is 2.24. The predicted molar refractivity (Wildman–Crippen MR) is 69.8 cm³/mol. The van der Waals surface area contributed by atoms with E-state index in [2.05, 4.69) is 62.4 Å². The molecule has 0 saturated carbocycles. The van der Waals surface area contributed by atoms with Gasteiger partial charge in [0.15, 0.2) is 0 Å². The van der Waals surface area contributed by atoms with Crippen LogP contribution in [0.3, 0.4) is 0 Å². The molecular weight excluding hydrogens is 192 g/mol. The Kier molecular flexibility index (Phi) is 3.40. The van der Waals surface area contributed by atoms with Gasteiger partial charge in [-0.25, -0.2) is 0 Å². The van der Waals surface area contributed by atoms with E-state index in [0.29, 0.717) is 0 Å². The van der Waals surface area contributed by atoms with E-state index >= 15 is 0 Å². The molecule has 0 heterocycles. The number of rotatable bonds is 3. The summed E-state index contributed by atoms with van der Waals surface area (Å²) in [4.78, 5) is 0. The highest BCUT2D eigenvalue weighted by atomic mass is 14.1. The van der Waals surface area contributed by atoms with Crippen LogP contribution in [0.5, 0.6) is 0 Å². The minimum atomic E-state index is 1.05. The summed E-state index contributed by atoms with van der Waals surface area (Å²) in [6, 6.07) is 17.4. The molecule has 0 radical (unpaired) electrons. The molecule has 0 N–H and O–H groups in total. The van der Waals surface area contributed by atoms with Gasteiger partial charge in [-0.15, -0.1) is 0 Å². The highest BCUT2D eigenvalue weighted by molar-refractivity contribution is 5.35. The second-order valence-corrected chi connectivity index (χ2v) is 4.23. The summed E-state index contributed by atoms with van der Waals surface area (Å²) < 4.78 is 0. The van der Waals surface area contributed by atoms with Crippen LogP contribution in [0, 0.1) is 6.92 Å². The van der Waals surface area contributed by atoms with Gasteiger partial charge >= 0.3 is 0 Å². The quantitative estimate of drug-likeness (QED) is 0.714. The molecule has 2 aromatic rings. The first-order valence-corrected chi connectivity index (χ1v) is 5.92. The normalized spacial score (nSPS) is 10.4. The molecule has 2 aromatic carbocycles. The second-order valence-electron chi connectivity index (χ2n) is 4.23. The first-order chi connectivity index (χ1) is 7.81. The fourth-order valence-corrected chi connectivity index (χ4v) is 2.09. The standard InChI is InChI=1S/C16H18/c1-3-14-9-6-7-11-16(14)12-15-10-5-4-8-13(15)2/h4-11H,3,12H2,1-2H3. The van der Waals surface area contributed by atoms with Crippen molar-refractivity contribution in [2.75, 3.05) is 0 Å². The van der Waals surface area contributed by atoms with Crippen molar-refractivity contribution in [3.63, 3.8) is 0 Å². The van der Waals surface area contributed by atoms with E-state index in [4.69, 9.17) is 0 Å². The predicted octanol–water partition coefficient (Wildman–Crippen LogP) is 4.15. The molecule has 0 amide bonds. The third-order valence-electron chi connectivity index (χ3n) is 3.14. The van der Waals surface area contributed by atoms with Crippen molar-refractivity contribution < 1.29 is 0 Å². The fraction of sp³-hybridized carbons (Fsp3) is 0.250. The summed E-state index contributed by atoms with van der Waals surface area (Å²) in [7, 11) is 0. The van der Waals surface area contributed by atoms with E-state index in [1.54, 1.807) is 0 Å². The van der Waals surface area contributed by atoms with Crippen LogP contribution in [0.15, 0.2) is 48.5 Å². The van der Waals surface area contributed by atoms with Crippen LogP contribution in [-0.2, 0) is 12.8 Å². The van der Waals surface area contributed by atoms with Crippen molar-refractivity contribution in [3.05, 3.63) is 70.8 Å². The molecule has 0 aliphatic rings. The van der Waals surface area contributed by atoms with Gasteiger partial charge in [0.05, 0.1) is 0 Å². The summed E-state index contributed by atoms with van der Waals surface area (Å²) in [6.07, 6.45) is 2.17. The third kappa shape index (κ3) is 2.33. The highest BCUT2D eigenvalue weighted by Gasteiger charge is 2.02. The molecule has 0 aliphatic heterocycles. The second kappa shape index (κ2) is 4.98. The topological polar surface area (TPSA) is 0 Å². The summed E-state index contributed by atoms with van der Waals surface area (Å²) in [5.74, 6) is 0. The zero-order chi connectivity index (χ0) is 11.4. The third-order valence-corrected chi connectivity index (χ3v) is 3.14. The molecule has 0 saturated heterocycles. The Morgan fingerprint density at radius 1 is 0.750 bits per heavy atom. The van der Waals surface area contributed by atoms with E-state index in [0.717, 1.165) is 12.8 Å². The Hall–Kier alpha value is -1.56. The van der Waals surface area contributed by atoms with Gasteiger partial charge in [0.1, 0.15) is 0 Å². The van der Waals surface area contributed by atoms with Crippen LogP contribution in [0.2, 0.25) is 0 Å². The Balaban J connectivity index is 2.30. The molecule has 0 heteroatoms. The van der Waals surface area contributed by atoms with E-state index in [1.807, 2.05) is 0 Å². The smallest absolute Gasteiger partial charge is 0.00204 e. The van der Waals surface area contributed by atoms with Crippen molar-refractivity contribution in [1.82, 2.24) is 0 Å². The molecule has 0 atom stereocenters. The van der Waals surface area contributed by atoms with Gasteiger partial charge < -0.3 is 0 Å². The van der Waals surface area contributed by atoms with Crippen LogP contribution in [0.1, 0.15) is 29.2 Å². The van der Waals surface area contributed by atoms with Gasteiger partial charge in [-0.2, -0.15) is 0 Å². The van der Waals surface area contributed by atoms with Gasteiger partial charge in [-0.1, -0.05) is 55.5 Å². The first kappa shape index (κ1) is 10.9. The molecule has 2 rings (SSSR count). The van der Waals surface area contributed by atoms with Crippen molar-refractivity contribution >= 4 is 0 Å². The van der Waals surface area contributed by atoms with E-state index in [-0.39, 0.29) is 0 Å². The Morgan fingerprint density at radius 2 is 1.31 bits per heavy atom. The van der Waals surface area contributed by atoms with Crippen LogP contribution in [0.25, 0.3) is 0 Å². The lowest BCUT2D eigenvalue weighted by Crippen LogP contribution is -1.95. The van der Waals surface area contributed by atoms with Gasteiger partial charge in [-0.3, -0.25) is 0 Å². The molecule has 0 unspecified atom stereocenters. The minimum Gasteiger partial charge on any atom is -0.0620 e. The maximum atomic E-state index is 2.24.